The Bertz CT molecular complexity index is 735. The molecule has 0 saturated heterocycles. The predicted octanol–water partition coefficient (Wildman–Crippen LogP) is 3.23. The summed E-state index contributed by atoms with van der Waals surface area (Å²) < 4.78 is 68.4. The Hall–Kier alpha value is -2.22. The first kappa shape index (κ1) is 15.2. The Morgan fingerprint density at radius 1 is 1.00 bits per heavy atom. The first-order chi connectivity index (χ1) is 9.90. The fourth-order valence-electron chi connectivity index (χ4n) is 1.61. The maximum absolute atomic E-state index is 13.5. The fraction of sp³-hybridized carbons (Fsp3) is 0.0769. The van der Waals surface area contributed by atoms with Gasteiger partial charge in [-0.2, -0.15) is 8.78 Å². The van der Waals surface area contributed by atoms with Gasteiger partial charge >= 0.3 is 6.61 Å². The van der Waals surface area contributed by atoms with Crippen LogP contribution >= 0.6 is 0 Å². The molecule has 0 bridgehead atoms. The first-order valence-electron chi connectivity index (χ1n) is 5.71. The molecule has 0 fully saturated rings. The van der Waals surface area contributed by atoms with E-state index in [1.165, 1.54) is 36.4 Å². The molecule has 0 amide bonds. The van der Waals surface area contributed by atoms with Crippen LogP contribution < -0.4 is 9.46 Å². The second-order valence-electron chi connectivity index (χ2n) is 3.91. The Balaban J connectivity index is 2.36. The molecule has 0 aliphatic carbocycles. The van der Waals surface area contributed by atoms with Crippen molar-refractivity contribution < 1.29 is 26.3 Å². The van der Waals surface area contributed by atoms with Crippen LogP contribution in [0.2, 0.25) is 0 Å². The van der Waals surface area contributed by atoms with Crippen molar-refractivity contribution in [1.29, 1.82) is 0 Å². The van der Waals surface area contributed by atoms with Gasteiger partial charge in [0.25, 0.3) is 10.0 Å². The van der Waals surface area contributed by atoms with E-state index in [0.717, 1.165) is 12.1 Å². The molecule has 1 N–H and O–H groups in total. The van der Waals surface area contributed by atoms with Gasteiger partial charge in [-0.15, -0.1) is 0 Å². The van der Waals surface area contributed by atoms with Gasteiger partial charge in [0, 0.05) is 0 Å². The molecule has 8 heteroatoms. The van der Waals surface area contributed by atoms with Gasteiger partial charge in [-0.05, 0) is 24.3 Å². The van der Waals surface area contributed by atoms with Crippen LogP contribution in [0.1, 0.15) is 0 Å². The topological polar surface area (TPSA) is 55.4 Å². The van der Waals surface area contributed by atoms with E-state index < -0.39 is 27.3 Å². The molecule has 21 heavy (non-hydrogen) atoms. The Morgan fingerprint density at radius 3 is 2.29 bits per heavy atom. The van der Waals surface area contributed by atoms with E-state index in [1.807, 2.05) is 4.72 Å². The SMILES string of the molecule is O=S(=O)(Nc1ccccc1OC(F)F)c1ccccc1F. The van der Waals surface area contributed by atoms with Crippen LogP contribution in [-0.4, -0.2) is 15.0 Å². The molecule has 0 saturated carbocycles. The zero-order valence-corrected chi connectivity index (χ0v) is 11.3. The van der Waals surface area contributed by atoms with Crippen molar-refractivity contribution in [3.05, 3.63) is 54.3 Å². The van der Waals surface area contributed by atoms with E-state index >= 15 is 0 Å². The number of hydrogen-bond donors (Lipinski definition) is 1. The Morgan fingerprint density at radius 2 is 1.62 bits per heavy atom. The highest BCUT2D eigenvalue weighted by atomic mass is 32.2. The van der Waals surface area contributed by atoms with Crippen molar-refractivity contribution in [3.8, 4) is 5.75 Å². The monoisotopic (exact) mass is 317 g/mol. The van der Waals surface area contributed by atoms with Crippen molar-refractivity contribution in [2.24, 2.45) is 0 Å². The van der Waals surface area contributed by atoms with Crippen LogP contribution in [0.5, 0.6) is 5.75 Å². The van der Waals surface area contributed by atoms with Crippen LogP contribution in [-0.2, 0) is 10.0 Å². The quantitative estimate of drug-likeness (QED) is 0.921. The average Bonchev–Trinajstić information content (AvgIpc) is 2.40. The van der Waals surface area contributed by atoms with Crippen molar-refractivity contribution in [3.63, 3.8) is 0 Å². The van der Waals surface area contributed by atoms with Gasteiger partial charge in [0.05, 0.1) is 5.69 Å². The van der Waals surface area contributed by atoms with E-state index in [1.54, 1.807) is 0 Å². The normalized spacial score (nSPS) is 11.4. The van der Waals surface area contributed by atoms with Crippen LogP contribution in [0.25, 0.3) is 0 Å². The van der Waals surface area contributed by atoms with Crippen molar-refractivity contribution in [2.45, 2.75) is 11.5 Å². The fourth-order valence-corrected chi connectivity index (χ4v) is 2.76. The molecule has 2 aromatic rings. The minimum Gasteiger partial charge on any atom is -0.433 e. The van der Waals surface area contributed by atoms with Gasteiger partial charge in [-0.3, -0.25) is 4.72 Å². The van der Waals surface area contributed by atoms with Crippen molar-refractivity contribution in [2.75, 3.05) is 4.72 Å². The number of ether oxygens (including phenoxy) is 1. The summed E-state index contributed by atoms with van der Waals surface area (Å²) in [6.45, 7) is -3.11. The van der Waals surface area contributed by atoms with Gasteiger partial charge < -0.3 is 4.74 Å². The second-order valence-corrected chi connectivity index (χ2v) is 5.56. The molecular formula is C13H10F3NO3S. The lowest BCUT2D eigenvalue weighted by Crippen LogP contribution is -2.16. The molecule has 0 aliphatic heterocycles. The number of para-hydroxylation sites is 2. The van der Waals surface area contributed by atoms with Crippen molar-refractivity contribution >= 4 is 15.7 Å². The third-order valence-corrected chi connectivity index (χ3v) is 3.87. The molecule has 2 rings (SSSR count). The summed E-state index contributed by atoms with van der Waals surface area (Å²) in [4.78, 5) is -0.586. The third-order valence-electron chi connectivity index (χ3n) is 2.47. The van der Waals surface area contributed by atoms with Gasteiger partial charge in [0.1, 0.15) is 16.5 Å². The number of rotatable bonds is 5. The van der Waals surface area contributed by atoms with Crippen LogP contribution in [0.15, 0.2) is 53.4 Å². The van der Waals surface area contributed by atoms with Gasteiger partial charge in [0.2, 0.25) is 0 Å². The summed E-state index contributed by atoms with van der Waals surface area (Å²) in [5.74, 6) is -1.30. The molecular weight excluding hydrogens is 307 g/mol. The molecule has 0 heterocycles. The first-order valence-corrected chi connectivity index (χ1v) is 7.19. The molecule has 112 valence electrons. The highest BCUT2D eigenvalue weighted by Crippen LogP contribution is 2.28. The highest BCUT2D eigenvalue weighted by molar-refractivity contribution is 7.92. The maximum atomic E-state index is 13.5. The summed E-state index contributed by atoms with van der Waals surface area (Å²) in [5, 5.41) is 0. The summed E-state index contributed by atoms with van der Waals surface area (Å²) in [6, 6.07) is 9.96. The zero-order chi connectivity index (χ0) is 15.5. The molecule has 0 aliphatic rings. The Kier molecular flexibility index (Phi) is 4.37. The van der Waals surface area contributed by atoms with Gasteiger partial charge in [-0.25, -0.2) is 12.8 Å². The smallest absolute Gasteiger partial charge is 0.387 e. The van der Waals surface area contributed by atoms with E-state index in [0.29, 0.717) is 0 Å². The minimum absolute atomic E-state index is 0.207. The molecule has 0 unspecified atom stereocenters. The molecule has 0 aromatic heterocycles. The molecule has 0 spiro atoms. The largest absolute Gasteiger partial charge is 0.433 e. The number of sulfonamides is 1. The van der Waals surface area contributed by atoms with E-state index in [9.17, 15) is 21.6 Å². The number of anilines is 1. The Labute approximate surface area is 119 Å². The summed E-state index contributed by atoms with van der Waals surface area (Å²) >= 11 is 0. The number of nitrogens with one attached hydrogen (secondary N) is 1. The maximum Gasteiger partial charge on any atom is 0.387 e. The van der Waals surface area contributed by atoms with E-state index in [-0.39, 0.29) is 11.4 Å². The van der Waals surface area contributed by atoms with Crippen molar-refractivity contribution in [1.82, 2.24) is 0 Å². The number of alkyl halides is 2. The number of benzene rings is 2. The minimum atomic E-state index is -4.25. The third kappa shape index (κ3) is 3.66. The highest BCUT2D eigenvalue weighted by Gasteiger charge is 2.20. The molecule has 4 nitrogen and oxygen atoms in total. The van der Waals surface area contributed by atoms with E-state index in [4.69, 9.17) is 0 Å². The van der Waals surface area contributed by atoms with Gasteiger partial charge in [-0.1, -0.05) is 24.3 Å². The second kappa shape index (κ2) is 6.04. The van der Waals surface area contributed by atoms with Gasteiger partial charge in [0.15, 0.2) is 0 Å². The van der Waals surface area contributed by atoms with Crippen LogP contribution in [0, 0.1) is 5.82 Å². The molecule has 0 atom stereocenters. The summed E-state index contributed by atoms with van der Waals surface area (Å²) in [5.41, 5.74) is -0.207. The van der Waals surface area contributed by atoms with Crippen LogP contribution in [0.3, 0.4) is 0 Å². The lowest BCUT2D eigenvalue weighted by molar-refractivity contribution is -0.0493. The summed E-state index contributed by atoms with van der Waals surface area (Å²) in [6.07, 6.45) is 0. The standard InChI is InChI=1S/C13H10F3NO3S/c14-9-5-1-4-8-12(9)21(18,19)17-10-6-2-3-7-11(10)20-13(15)16/h1-8,13,17H. The summed E-state index contributed by atoms with van der Waals surface area (Å²) in [7, 11) is -4.25. The number of halogens is 3. The lowest BCUT2D eigenvalue weighted by atomic mass is 10.3. The zero-order valence-electron chi connectivity index (χ0n) is 10.5. The van der Waals surface area contributed by atoms with E-state index in [2.05, 4.69) is 4.74 Å². The average molecular weight is 317 g/mol. The number of hydrogen-bond acceptors (Lipinski definition) is 3. The predicted molar refractivity (Wildman–Crippen MR) is 70.3 cm³/mol. The van der Waals surface area contributed by atoms with Crippen LogP contribution in [0.4, 0.5) is 18.9 Å². The molecule has 0 radical (unpaired) electrons. The molecule has 2 aromatic carbocycles. The lowest BCUT2D eigenvalue weighted by Gasteiger charge is -2.13.